The predicted molar refractivity (Wildman–Crippen MR) is 102 cm³/mol. The number of nitrogens with one attached hydrogen (secondary N) is 1. The third-order valence-corrected chi connectivity index (χ3v) is 4.42. The summed E-state index contributed by atoms with van der Waals surface area (Å²) in [5.41, 5.74) is 4.94. The highest BCUT2D eigenvalue weighted by Gasteiger charge is 2.18. The molecule has 128 valence electrons. The van der Waals surface area contributed by atoms with Crippen LogP contribution in [0.4, 0.5) is 11.4 Å². The zero-order valence-electron chi connectivity index (χ0n) is 14.4. The molecule has 0 saturated heterocycles. The molecule has 25 heavy (non-hydrogen) atoms. The van der Waals surface area contributed by atoms with E-state index in [4.69, 9.17) is 16.3 Å². The van der Waals surface area contributed by atoms with Gasteiger partial charge in [-0.1, -0.05) is 29.8 Å². The Kier molecular flexibility index (Phi) is 4.91. The maximum Gasteiger partial charge on any atom is 0.341 e. The second kappa shape index (κ2) is 7.11. The molecule has 0 radical (unpaired) electrons. The molecule has 0 spiro atoms. The second-order valence-electron chi connectivity index (χ2n) is 5.83. The normalized spacial score (nSPS) is 10.7. The first-order chi connectivity index (χ1) is 12.0. The number of anilines is 2. The SMILES string of the molecule is CCOC(=O)c1cnc2c(Cl)cccc2c1Nc1ccc(C)c(C)c1. The number of ether oxygens (including phenoxy) is 1. The smallest absolute Gasteiger partial charge is 0.341 e. The van der Waals surface area contributed by atoms with Gasteiger partial charge in [0.05, 0.1) is 22.8 Å². The van der Waals surface area contributed by atoms with E-state index >= 15 is 0 Å². The highest BCUT2D eigenvalue weighted by atomic mass is 35.5. The van der Waals surface area contributed by atoms with Crippen LogP contribution in [0.5, 0.6) is 0 Å². The summed E-state index contributed by atoms with van der Waals surface area (Å²) in [6.07, 6.45) is 1.51. The number of hydrogen-bond donors (Lipinski definition) is 1. The lowest BCUT2D eigenvalue weighted by Crippen LogP contribution is -2.09. The molecule has 0 unspecified atom stereocenters. The zero-order chi connectivity index (χ0) is 18.0. The molecular weight excluding hydrogens is 336 g/mol. The largest absolute Gasteiger partial charge is 0.462 e. The van der Waals surface area contributed by atoms with Crippen molar-refractivity contribution in [2.75, 3.05) is 11.9 Å². The molecule has 3 aromatic rings. The van der Waals surface area contributed by atoms with Gasteiger partial charge in [0.25, 0.3) is 0 Å². The number of nitrogens with zero attached hydrogens (tertiary/aromatic N) is 1. The first kappa shape index (κ1) is 17.2. The van der Waals surface area contributed by atoms with Crippen molar-refractivity contribution in [1.29, 1.82) is 0 Å². The number of esters is 1. The Hall–Kier alpha value is -2.59. The van der Waals surface area contributed by atoms with Crippen molar-refractivity contribution >= 4 is 39.8 Å². The van der Waals surface area contributed by atoms with Crippen LogP contribution in [0.15, 0.2) is 42.6 Å². The van der Waals surface area contributed by atoms with Gasteiger partial charge in [-0.15, -0.1) is 0 Å². The Bertz CT molecular complexity index is 954. The van der Waals surface area contributed by atoms with E-state index in [1.807, 2.05) is 37.3 Å². The van der Waals surface area contributed by atoms with Crippen LogP contribution in [0.2, 0.25) is 5.02 Å². The minimum Gasteiger partial charge on any atom is -0.462 e. The average Bonchev–Trinajstić information content (AvgIpc) is 2.59. The number of hydrogen-bond acceptors (Lipinski definition) is 4. The summed E-state index contributed by atoms with van der Waals surface area (Å²) in [4.78, 5) is 16.7. The molecule has 1 N–H and O–H groups in total. The van der Waals surface area contributed by atoms with E-state index in [9.17, 15) is 4.79 Å². The highest BCUT2D eigenvalue weighted by molar-refractivity contribution is 6.35. The molecule has 5 heteroatoms. The van der Waals surface area contributed by atoms with Crippen molar-refractivity contribution in [1.82, 2.24) is 4.98 Å². The number of aromatic nitrogens is 1. The molecule has 1 aromatic heterocycles. The topological polar surface area (TPSA) is 51.2 Å². The van der Waals surface area contributed by atoms with Gasteiger partial charge in [-0.05, 0) is 50.1 Å². The van der Waals surface area contributed by atoms with Crippen LogP contribution < -0.4 is 5.32 Å². The Morgan fingerprint density at radius 3 is 2.72 bits per heavy atom. The number of carbonyl (C=O) groups excluding carboxylic acids is 1. The van der Waals surface area contributed by atoms with E-state index < -0.39 is 5.97 Å². The molecule has 0 saturated carbocycles. The third-order valence-electron chi connectivity index (χ3n) is 4.12. The fraction of sp³-hybridized carbons (Fsp3) is 0.200. The van der Waals surface area contributed by atoms with Crippen LogP contribution in [0.1, 0.15) is 28.4 Å². The number of rotatable bonds is 4. The van der Waals surface area contributed by atoms with Crippen molar-refractivity contribution in [3.8, 4) is 0 Å². The van der Waals surface area contributed by atoms with Gasteiger partial charge in [-0.2, -0.15) is 0 Å². The molecule has 0 aliphatic rings. The van der Waals surface area contributed by atoms with Crippen LogP contribution in [0.25, 0.3) is 10.9 Å². The van der Waals surface area contributed by atoms with E-state index in [0.717, 1.165) is 11.1 Å². The lowest BCUT2D eigenvalue weighted by atomic mass is 10.1. The summed E-state index contributed by atoms with van der Waals surface area (Å²) in [6, 6.07) is 11.6. The summed E-state index contributed by atoms with van der Waals surface area (Å²) < 4.78 is 5.18. The molecule has 0 bridgehead atoms. The Morgan fingerprint density at radius 2 is 2.00 bits per heavy atom. The van der Waals surface area contributed by atoms with Gasteiger partial charge in [-0.3, -0.25) is 4.98 Å². The summed E-state index contributed by atoms with van der Waals surface area (Å²) in [7, 11) is 0. The number of halogens is 1. The monoisotopic (exact) mass is 354 g/mol. The first-order valence-corrected chi connectivity index (χ1v) is 8.47. The molecular formula is C20H19ClN2O2. The van der Waals surface area contributed by atoms with Gasteiger partial charge in [0.1, 0.15) is 5.56 Å². The zero-order valence-corrected chi connectivity index (χ0v) is 15.1. The Labute approximate surface area is 151 Å². The van der Waals surface area contributed by atoms with Crippen LogP contribution in [-0.4, -0.2) is 17.6 Å². The van der Waals surface area contributed by atoms with Crippen molar-refractivity contribution in [3.63, 3.8) is 0 Å². The standard InChI is InChI=1S/C20H19ClN2O2/c1-4-25-20(24)16-11-22-19-15(6-5-7-17(19)21)18(16)23-14-9-8-12(2)13(3)10-14/h5-11H,4H2,1-3H3,(H,22,23). The summed E-state index contributed by atoms with van der Waals surface area (Å²) in [5.74, 6) is -0.414. The maximum atomic E-state index is 12.4. The number of carbonyl (C=O) groups is 1. The van der Waals surface area contributed by atoms with E-state index in [0.29, 0.717) is 28.4 Å². The fourth-order valence-electron chi connectivity index (χ4n) is 2.65. The van der Waals surface area contributed by atoms with Crippen LogP contribution in [-0.2, 0) is 4.74 Å². The quantitative estimate of drug-likeness (QED) is 0.635. The molecule has 3 rings (SSSR count). The number of pyridine rings is 1. The minimum absolute atomic E-state index is 0.301. The second-order valence-corrected chi connectivity index (χ2v) is 6.23. The first-order valence-electron chi connectivity index (χ1n) is 8.10. The molecule has 1 heterocycles. The number of para-hydroxylation sites is 1. The Morgan fingerprint density at radius 1 is 1.20 bits per heavy atom. The maximum absolute atomic E-state index is 12.4. The Balaban J connectivity index is 2.17. The number of benzene rings is 2. The van der Waals surface area contributed by atoms with Crippen molar-refractivity contribution < 1.29 is 9.53 Å². The number of fused-ring (bicyclic) bond motifs is 1. The van der Waals surface area contributed by atoms with Crippen LogP contribution >= 0.6 is 11.6 Å². The van der Waals surface area contributed by atoms with Gasteiger partial charge >= 0.3 is 5.97 Å². The average molecular weight is 355 g/mol. The van der Waals surface area contributed by atoms with Crippen LogP contribution in [0, 0.1) is 13.8 Å². The van der Waals surface area contributed by atoms with E-state index in [-0.39, 0.29) is 0 Å². The van der Waals surface area contributed by atoms with Crippen molar-refractivity contribution in [2.24, 2.45) is 0 Å². The summed E-state index contributed by atoms with van der Waals surface area (Å²) >= 11 is 6.26. The van der Waals surface area contributed by atoms with E-state index in [2.05, 4.69) is 17.2 Å². The number of aryl methyl sites for hydroxylation is 2. The van der Waals surface area contributed by atoms with Crippen molar-refractivity contribution in [2.45, 2.75) is 20.8 Å². The third kappa shape index (κ3) is 3.44. The van der Waals surface area contributed by atoms with Crippen molar-refractivity contribution in [3.05, 3.63) is 64.3 Å². The predicted octanol–water partition coefficient (Wildman–Crippen LogP) is 5.43. The summed E-state index contributed by atoms with van der Waals surface area (Å²) in [5, 5.41) is 4.66. The molecule has 0 atom stereocenters. The molecule has 0 amide bonds. The van der Waals surface area contributed by atoms with Gasteiger partial charge in [0.15, 0.2) is 0 Å². The molecule has 0 aliphatic carbocycles. The van der Waals surface area contributed by atoms with Crippen LogP contribution in [0.3, 0.4) is 0 Å². The lowest BCUT2D eigenvalue weighted by Gasteiger charge is -2.15. The molecule has 0 fully saturated rings. The van der Waals surface area contributed by atoms with E-state index in [1.165, 1.54) is 17.3 Å². The highest BCUT2D eigenvalue weighted by Crippen LogP contribution is 2.33. The van der Waals surface area contributed by atoms with Gasteiger partial charge in [0.2, 0.25) is 0 Å². The van der Waals surface area contributed by atoms with Gasteiger partial charge in [0, 0.05) is 17.3 Å². The summed E-state index contributed by atoms with van der Waals surface area (Å²) in [6.45, 7) is 6.19. The molecule has 0 aliphatic heterocycles. The fourth-order valence-corrected chi connectivity index (χ4v) is 2.87. The molecule has 2 aromatic carbocycles. The molecule has 4 nitrogen and oxygen atoms in total. The van der Waals surface area contributed by atoms with Gasteiger partial charge in [-0.25, -0.2) is 4.79 Å². The van der Waals surface area contributed by atoms with Gasteiger partial charge < -0.3 is 10.1 Å². The minimum atomic E-state index is -0.414. The van der Waals surface area contributed by atoms with E-state index in [1.54, 1.807) is 13.0 Å². The lowest BCUT2D eigenvalue weighted by molar-refractivity contribution is 0.0527.